The van der Waals surface area contributed by atoms with Gasteiger partial charge in [0.05, 0.1) is 6.07 Å². The first-order chi connectivity index (χ1) is 9.58. The molecule has 1 atom stereocenters. The summed E-state index contributed by atoms with van der Waals surface area (Å²) in [5, 5.41) is 13.0. The molecule has 2 aromatic rings. The first-order valence-corrected chi connectivity index (χ1v) is 5.91. The first-order valence-electron chi connectivity index (χ1n) is 5.91. The van der Waals surface area contributed by atoms with Gasteiger partial charge in [-0.3, -0.25) is 14.9 Å². The standard InChI is InChI=1S/C13H13N3O4/c14-10(9-4-2-1-3-5-9)8-15-13(17)11-6-7-12(20-11)16(18)19/h1-7,10H,8,14H2,(H,15,17). The Morgan fingerprint density at radius 1 is 1.30 bits per heavy atom. The molecule has 0 aliphatic heterocycles. The van der Waals surface area contributed by atoms with Crippen molar-refractivity contribution in [2.45, 2.75) is 6.04 Å². The van der Waals surface area contributed by atoms with Gasteiger partial charge >= 0.3 is 5.88 Å². The fourth-order valence-corrected chi connectivity index (χ4v) is 1.66. The maximum atomic E-state index is 11.7. The largest absolute Gasteiger partial charge is 0.433 e. The van der Waals surface area contributed by atoms with Gasteiger partial charge in [0.15, 0.2) is 5.76 Å². The summed E-state index contributed by atoms with van der Waals surface area (Å²) >= 11 is 0. The highest BCUT2D eigenvalue weighted by Gasteiger charge is 2.17. The third kappa shape index (κ3) is 3.21. The van der Waals surface area contributed by atoms with Crippen LogP contribution in [0.4, 0.5) is 5.88 Å². The van der Waals surface area contributed by atoms with Crippen molar-refractivity contribution < 1.29 is 14.1 Å². The van der Waals surface area contributed by atoms with Crippen LogP contribution in [0.1, 0.15) is 22.2 Å². The van der Waals surface area contributed by atoms with Gasteiger partial charge in [-0.1, -0.05) is 30.3 Å². The molecule has 3 N–H and O–H groups in total. The van der Waals surface area contributed by atoms with E-state index in [1.165, 1.54) is 6.07 Å². The quantitative estimate of drug-likeness (QED) is 0.636. The van der Waals surface area contributed by atoms with Gasteiger partial charge in [-0.15, -0.1) is 0 Å². The molecule has 1 aromatic carbocycles. The summed E-state index contributed by atoms with van der Waals surface area (Å²) in [5.41, 5.74) is 6.81. The van der Waals surface area contributed by atoms with Crippen LogP contribution in [0.15, 0.2) is 46.9 Å². The van der Waals surface area contributed by atoms with Gasteiger partial charge in [-0.2, -0.15) is 0 Å². The van der Waals surface area contributed by atoms with Crippen molar-refractivity contribution in [3.63, 3.8) is 0 Å². The molecule has 0 aliphatic carbocycles. The van der Waals surface area contributed by atoms with E-state index in [2.05, 4.69) is 5.32 Å². The normalized spacial score (nSPS) is 11.8. The van der Waals surface area contributed by atoms with E-state index in [0.717, 1.165) is 11.6 Å². The van der Waals surface area contributed by atoms with E-state index >= 15 is 0 Å². The summed E-state index contributed by atoms with van der Waals surface area (Å²) in [5.74, 6) is -1.12. The van der Waals surface area contributed by atoms with E-state index in [9.17, 15) is 14.9 Å². The zero-order valence-corrected chi connectivity index (χ0v) is 10.5. The van der Waals surface area contributed by atoms with Crippen LogP contribution in [-0.4, -0.2) is 17.4 Å². The summed E-state index contributed by atoms with van der Waals surface area (Å²) in [6, 6.07) is 11.3. The second kappa shape index (κ2) is 5.98. The lowest BCUT2D eigenvalue weighted by molar-refractivity contribution is -0.402. The molecule has 1 heterocycles. The molecule has 0 saturated carbocycles. The minimum Gasteiger partial charge on any atom is -0.395 e. The Bertz CT molecular complexity index is 609. The third-order valence-electron chi connectivity index (χ3n) is 2.71. The number of carbonyl (C=O) groups is 1. The van der Waals surface area contributed by atoms with Gasteiger partial charge in [0, 0.05) is 12.6 Å². The monoisotopic (exact) mass is 275 g/mol. The van der Waals surface area contributed by atoms with Crippen molar-refractivity contribution in [1.82, 2.24) is 5.32 Å². The predicted octanol–water partition coefficient (Wildman–Crippen LogP) is 1.62. The van der Waals surface area contributed by atoms with E-state index in [4.69, 9.17) is 10.2 Å². The van der Waals surface area contributed by atoms with Crippen molar-refractivity contribution in [2.75, 3.05) is 6.54 Å². The highest BCUT2D eigenvalue weighted by Crippen LogP contribution is 2.15. The van der Waals surface area contributed by atoms with Crippen molar-refractivity contribution >= 4 is 11.8 Å². The predicted molar refractivity (Wildman–Crippen MR) is 71.1 cm³/mol. The number of nitro groups is 1. The lowest BCUT2D eigenvalue weighted by Crippen LogP contribution is -2.31. The number of nitrogens with two attached hydrogens (primary N) is 1. The van der Waals surface area contributed by atoms with Gasteiger partial charge in [-0.25, -0.2) is 0 Å². The number of amides is 1. The molecule has 1 unspecified atom stereocenters. The second-order valence-corrected chi connectivity index (χ2v) is 4.12. The molecule has 0 saturated heterocycles. The topological polar surface area (TPSA) is 111 Å². The Kier molecular flexibility index (Phi) is 4.11. The third-order valence-corrected chi connectivity index (χ3v) is 2.71. The number of nitrogens with zero attached hydrogens (tertiary/aromatic N) is 1. The maximum absolute atomic E-state index is 11.7. The maximum Gasteiger partial charge on any atom is 0.433 e. The highest BCUT2D eigenvalue weighted by atomic mass is 16.6. The number of hydrogen-bond acceptors (Lipinski definition) is 5. The lowest BCUT2D eigenvalue weighted by atomic mass is 10.1. The molecular weight excluding hydrogens is 262 g/mol. The Morgan fingerprint density at radius 3 is 2.60 bits per heavy atom. The van der Waals surface area contributed by atoms with Crippen LogP contribution in [0.3, 0.4) is 0 Å². The Morgan fingerprint density at radius 2 is 2.00 bits per heavy atom. The van der Waals surface area contributed by atoms with Crippen LogP contribution in [0.25, 0.3) is 0 Å². The molecule has 0 radical (unpaired) electrons. The van der Waals surface area contributed by atoms with Crippen LogP contribution in [-0.2, 0) is 0 Å². The van der Waals surface area contributed by atoms with Crippen LogP contribution >= 0.6 is 0 Å². The minimum absolute atomic E-state index is 0.114. The number of benzene rings is 1. The zero-order chi connectivity index (χ0) is 14.5. The summed E-state index contributed by atoms with van der Waals surface area (Å²) < 4.78 is 4.79. The molecule has 2 rings (SSSR count). The number of carbonyl (C=O) groups excluding carboxylic acids is 1. The van der Waals surface area contributed by atoms with E-state index < -0.39 is 16.7 Å². The SMILES string of the molecule is NC(CNC(=O)c1ccc([N+](=O)[O-])o1)c1ccccc1. The number of furan rings is 1. The molecule has 7 heteroatoms. The van der Waals surface area contributed by atoms with Crippen molar-refractivity contribution in [1.29, 1.82) is 0 Å². The van der Waals surface area contributed by atoms with Gasteiger partial charge in [0.25, 0.3) is 5.91 Å². The van der Waals surface area contributed by atoms with Crippen LogP contribution in [0.2, 0.25) is 0 Å². The van der Waals surface area contributed by atoms with E-state index in [1.54, 1.807) is 0 Å². The molecule has 0 fully saturated rings. The van der Waals surface area contributed by atoms with Crippen molar-refractivity contribution in [3.8, 4) is 0 Å². The molecule has 104 valence electrons. The molecule has 20 heavy (non-hydrogen) atoms. The Hall–Kier alpha value is -2.67. The summed E-state index contributed by atoms with van der Waals surface area (Å²) in [6.07, 6.45) is 0. The van der Waals surface area contributed by atoms with Gasteiger partial charge in [0.1, 0.15) is 4.92 Å². The van der Waals surface area contributed by atoms with E-state index in [-0.39, 0.29) is 18.3 Å². The molecular formula is C13H13N3O4. The Balaban J connectivity index is 1.93. The molecule has 0 aliphatic rings. The molecule has 1 amide bonds. The molecule has 0 bridgehead atoms. The number of hydrogen-bond donors (Lipinski definition) is 2. The van der Waals surface area contributed by atoms with E-state index in [1.807, 2.05) is 30.3 Å². The van der Waals surface area contributed by atoms with Crippen LogP contribution in [0, 0.1) is 10.1 Å². The van der Waals surface area contributed by atoms with Crippen LogP contribution < -0.4 is 11.1 Å². The summed E-state index contributed by atoms with van der Waals surface area (Å²) in [4.78, 5) is 21.5. The molecule has 1 aromatic heterocycles. The number of rotatable bonds is 5. The smallest absolute Gasteiger partial charge is 0.395 e. The number of nitrogens with one attached hydrogen (secondary N) is 1. The summed E-state index contributed by atoms with van der Waals surface area (Å²) in [6.45, 7) is 0.206. The summed E-state index contributed by atoms with van der Waals surface area (Å²) in [7, 11) is 0. The van der Waals surface area contributed by atoms with Gasteiger partial charge < -0.3 is 15.5 Å². The van der Waals surface area contributed by atoms with Crippen molar-refractivity contribution in [3.05, 3.63) is 63.9 Å². The van der Waals surface area contributed by atoms with Crippen molar-refractivity contribution in [2.24, 2.45) is 5.73 Å². The van der Waals surface area contributed by atoms with Gasteiger partial charge in [0.2, 0.25) is 0 Å². The second-order valence-electron chi connectivity index (χ2n) is 4.12. The average molecular weight is 275 g/mol. The molecule has 0 spiro atoms. The van der Waals surface area contributed by atoms with E-state index in [0.29, 0.717) is 0 Å². The van der Waals surface area contributed by atoms with Crippen LogP contribution in [0.5, 0.6) is 0 Å². The lowest BCUT2D eigenvalue weighted by Gasteiger charge is -2.12. The fourth-order valence-electron chi connectivity index (χ4n) is 1.66. The minimum atomic E-state index is -0.702. The highest BCUT2D eigenvalue weighted by molar-refractivity contribution is 5.91. The van der Waals surface area contributed by atoms with Gasteiger partial charge in [-0.05, 0) is 11.6 Å². The average Bonchev–Trinajstić information content (AvgIpc) is 2.95. The fraction of sp³-hybridized carbons (Fsp3) is 0.154. The first kappa shape index (κ1) is 13.8. The molecule has 7 nitrogen and oxygen atoms in total. The zero-order valence-electron chi connectivity index (χ0n) is 10.5. The Labute approximate surface area is 114 Å².